The van der Waals surface area contributed by atoms with E-state index >= 15 is 0 Å². The third-order valence-corrected chi connectivity index (χ3v) is 1.90. The van der Waals surface area contributed by atoms with Crippen molar-refractivity contribution < 1.29 is 20.1 Å². The minimum absolute atomic E-state index is 0.0778. The van der Waals surface area contributed by atoms with Gasteiger partial charge in [-0.3, -0.25) is 0 Å². The number of aliphatic hydroxyl groups is 3. The topological polar surface area (TPSA) is 69.9 Å². The van der Waals surface area contributed by atoms with E-state index in [9.17, 15) is 0 Å². The molecule has 1 fully saturated rings. The molecule has 5 heteroatoms. The fraction of sp³-hybridized carbons (Fsp3) is 1.00. The van der Waals surface area contributed by atoms with E-state index in [1.807, 2.05) is 0 Å². The highest BCUT2D eigenvalue weighted by Gasteiger charge is 2.36. The molecule has 0 bridgehead atoms. The van der Waals surface area contributed by atoms with Crippen molar-refractivity contribution in [1.29, 1.82) is 0 Å². The number of alkyl halides is 1. The van der Waals surface area contributed by atoms with Gasteiger partial charge in [0.15, 0.2) is 6.29 Å². The maximum absolute atomic E-state index is 8.99. The summed E-state index contributed by atoms with van der Waals surface area (Å²) in [5.41, 5.74) is 0. The molecule has 60 valence electrons. The second-order valence-corrected chi connectivity index (χ2v) is 2.73. The zero-order chi connectivity index (χ0) is 7.72. The highest BCUT2D eigenvalue weighted by molar-refractivity contribution is 6.21. The van der Waals surface area contributed by atoms with Crippen LogP contribution in [0.5, 0.6) is 0 Å². The van der Waals surface area contributed by atoms with Crippen LogP contribution in [0.1, 0.15) is 0 Å². The van der Waals surface area contributed by atoms with Crippen LogP contribution < -0.4 is 0 Å². The summed E-state index contributed by atoms with van der Waals surface area (Å²) >= 11 is 5.43. The fourth-order valence-electron chi connectivity index (χ4n) is 0.769. The summed E-state index contributed by atoms with van der Waals surface area (Å²) in [5, 5.41) is 25.8. The summed E-state index contributed by atoms with van der Waals surface area (Å²) in [6, 6.07) is 0. The molecule has 0 aromatic heterocycles. The average Bonchev–Trinajstić information content (AvgIpc) is 1.93. The summed E-state index contributed by atoms with van der Waals surface area (Å²) in [7, 11) is 0. The average molecular weight is 169 g/mol. The molecule has 4 atom stereocenters. The van der Waals surface area contributed by atoms with Crippen molar-refractivity contribution >= 4 is 11.6 Å². The van der Waals surface area contributed by atoms with Crippen LogP contribution in [0.2, 0.25) is 0 Å². The predicted octanol–water partition coefficient (Wildman–Crippen LogP) is -1.34. The standard InChI is InChI=1S/C5H9ClO4/c6-3-4(8)2(7)1-10-5(3)9/h2-5,7-9H,1H2/t2-,3-,4+,5-/m1/s1. The fourth-order valence-corrected chi connectivity index (χ4v) is 1.01. The quantitative estimate of drug-likeness (QED) is 0.392. The van der Waals surface area contributed by atoms with Crippen LogP contribution in [-0.2, 0) is 4.74 Å². The van der Waals surface area contributed by atoms with Gasteiger partial charge in [0.2, 0.25) is 0 Å². The smallest absolute Gasteiger partial charge is 0.173 e. The Balaban J connectivity index is 2.52. The lowest BCUT2D eigenvalue weighted by atomic mass is 10.1. The van der Waals surface area contributed by atoms with Gasteiger partial charge >= 0.3 is 0 Å². The van der Waals surface area contributed by atoms with Gasteiger partial charge in [-0.25, -0.2) is 0 Å². The van der Waals surface area contributed by atoms with E-state index in [1.165, 1.54) is 0 Å². The van der Waals surface area contributed by atoms with Crippen LogP contribution in [0.25, 0.3) is 0 Å². The Morgan fingerprint density at radius 2 is 1.90 bits per heavy atom. The molecule has 4 nitrogen and oxygen atoms in total. The minimum atomic E-state index is -1.18. The number of rotatable bonds is 0. The molecule has 0 saturated carbocycles. The van der Waals surface area contributed by atoms with Crippen molar-refractivity contribution in [2.75, 3.05) is 6.61 Å². The highest BCUT2D eigenvalue weighted by Crippen LogP contribution is 2.18. The first-order valence-electron chi connectivity index (χ1n) is 2.93. The van der Waals surface area contributed by atoms with Crippen LogP contribution in [0.15, 0.2) is 0 Å². The molecule has 10 heavy (non-hydrogen) atoms. The zero-order valence-electron chi connectivity index (χ0n) is 5.14. The zero-order valence-corrected chi connectivity index (χ0v) is 5.90. The van der Waals surface area contributed by atoms with E-state index in [4.69, 9.17) is 26.9 Å². The van der Waals surface area contributed by atoms with Crippen molar-refractivity contribution in [3.8, 4) is 0 Å². The Morgan fingerprint density at radius 3 is 2.40 bits per heavy atom. The lowest BCUT2D eigenvalue weighted by Gasteiger charge is -2.31. The van der Waals surface area contributed by atoms with Gasteiger partial charge in [-0.15, -0.1) is 11.6 Å². The Morgan fingerprint density at radius 1 is 1.30 bits per heavy atom. The molecule has 0 aromatic carbocycles. The maximum Gasteiger partial charge on any atom is 0.173 e. The molecule has 1 heterocycles. The highest BCUT2D eigenvalue weighted by atomic mass is 35.5. The van der Waals surface area contributed by atoms with Gasteiger partial charge in [0, 0.05) is 0 Å². The van der Waals surface area contributed by atoms with Gasteiger partial charge in [-0.1, -0.05) is 0 Å². The van der Waals surface area contributed by atoms with Crippen molar-refractivity contribution in [3.63, 3.8) is 0 Å². The van der Waals surface area contributed by atoms with Gasteiger partial charge in [0.25, 0.3) is 0 Å². The van der Waals surface area contributed by atoms with Gasteiger partial charge in [-0.2, -0.15) is 0 Å². The molecule has 0 aliphatic carbocycles. The molecule has 1 aliphatic heterocycles. The van der Waals surface area contributed by atoms with Gasteiger partial charge in [0.05, 0.1) is 6.61 Å². The molecule has 1 aliphatic rings. The second kappa shape index (κ2) is 3.02. The molecule has 1 rings (SSSR count). The molecule has 1 saturated heterocycles. The van der Waals surface area contributed by atoms with Crippen molar-refractivity contribution in [2.45, 2.75) is 23.9 Å². The molecule has 0 unspecified atom stereocenters. The van der Waals surface area contributed by atoms with Crippen molar-refractivity contribution in [2.24, 2.45) is 0 Å². The van der Waals surface area contributed by atoms with Crippen LogP contribution in [0.4, 0.5) is 0 Å². The van der Waals surface area contributed by atoms with Crippen LogP contribution in [0.3, 0.4) is 0 Å². The van der Waals surface area contributed by atoms with E-state index in [2.05, 4.69) is 4.74 Å². The second-order valence-electron chi connectivity index (χ2n) is 2.23. The summed E-state index contributed by atoms with van der Waals surface area (Å²) in [6.07, 6.45) is -3.28. The lowest BCUT2D eigenvalue weighted by Crippen LogP contribution is -2.50. The molecule has 0 spiro atoms. The van der Waals surface area contributed by atoms with Gasteiger partial charge < -0.3 is 20.1 Å². The molecule has 0 radical (unpaired) electrons. The van der Waals surface area contributed by atoms with E-state index < -0.39 is 23.9 Å². The van der Waals surface area contributed by atoms with Crippen LogP contribution >= 0.6 is 11.6 Å². The van der Waals surface area contributed by atoms with E-state index in [1.54, 1.807) is 0 Å². The number of hydrogen-bond acceptors (Lipinski definition) is 4. The van der Waals surface area contributed by atoms with E-state index in [0.29, 0.717) is 0 Å². The minimum Gasteiger partial charge on any atom is -0.389 e. The SMILES string of the molecule is O[C@@H]1[C@@H](Cl)[C@H](O)OC[C@H]1O. The largest absolute Gasteiger partial charge is 0.389 e. The molecular weight excluding hydrogens is 160 g/mol. The normalized spacial score (nSPS) is 49.2. The summed E-state index contributed by atoms with van der Waals surface area (Å²) in [5.74, 6) is 0. The first-order valence-corrected chi connectivity index (χ1v) is 3.36. The number of ether oxygens (including phenoxy) is 1. The number of halogens is 1. The Hall–Kier alpha value is 0.130. The van der Waals surface area contributed by atoms with E-state index in [0.717, 1.165) is 0 Å². The Kier molecular flexibility index (Phi) is 2.49. The van der Waals surface area contributed by atoms with Gasteiger partial charge in [0.1, 0.15) is 17.6 Å². The number of hydrogen-bond donors (Lipinski definition) is 3. The van der Waals surface area contributed by atoms with Crippen LogP contribution in [0, 0.1) is 0 Å². The Bertz CT molecular complexity index is 106. The number of aliphatic hydroxyl groups excluding tert-OH is 3. The summed E-state index contributed by atoms with van der Waals surface area (Å²) in [4.78, 5) is 0. The van der Waals surface area contributed by atoms with Crippen LogP contribution in [-0.4, -0.2) is 45.8 Å². The molecule has 0 amide bonds. The molecular formula is C5H9ClO4. The summed E-state index contributed by atoms with van der Waals surface area (Å²) in [6.45, 7) is -0.0778. The third kappa shape index (κ3) is 1.41. The van der Waals surface area contributed by atoms with Crippen molar-refractivity contribution in [1.82, 2.24) is 0 Å². The maximum atomic E-state index is 8.99. The molecule has 3 N–H and O–H groups in total. The molecule has 0 aromatic rings. The summed E-state index contributed by atoms with van der Waals surface area (Å²) < 4.78 is 4.59. The lowest BCUT2D eigenvalue weighted by molar-refractivity contribution is -0.190. The predicted molar refractivity (Wildman–Crippen MR) is 33.6 cm³/mol. The third-order valence-electron chi connectivity index (χ3n) is 1.43. The first kappa shape index (κ1) is 8.23. The van der Waals surface area contributed by atoms with Gasteiger partial charge in [-0.05, 0) is 0 Å². The van der Waals surface area contributed by atoms with E-state index in [-0.39, 0.29) is 6.61 Å². The Labute approximate surface area is 63.0 Å². The first-order chi connectivity index (χ1) is 4.63. The van der Waals surface area contributed by atoms with Crippen molar-refractivity contribution in [3.05, 3.63) is 0 Å². The monoisotopic (exact) mass is 168 g/mol.